The lowest BCUT2D eigenvalue weighted by atomic mass is 10.2. The van der Waals surface area contributed by atoms with E-state index >= 15 is 0 Å². The molecule has 6 nitrogen and oxygen atoms in total. The normalized spacial score (nSPS) is 10.6. The molecule has 0 saturated carbocycles. The van der Waals surface area contributed by atoms with Gasteiger partial charge in [-0.05, 0) is 37.3 Å². The van der Waals surface area contributed by atoms with Crippen molar-refractivity contribution >= 4 is 33.7 Å². The molecule has 0 bridgehead atoms. The van der Waals surface area contributed by atoms with Gasteiger partial charge in [0.25, 0.3) is 0 Å². The molecule has 0 aliphatic heterocycles. The van der Waals surface area contributed by atoms with E-state index in [1.807, 2.05) is 41.0 Å². The van der Waals surface area contributed by atoms with Gasteiger partial charge in [-0.3, -0.25) is 14.3 Å². The Morgan fingerprint density at radius 1 is 1.24 bits per heavy atom. The number of hydrogen-bond acceptors (Lipinski definition) is 6. The molecule has 0 fully saturated rings. The van der Waals surface area contributed by atoms with Crippen molar-refractivity contribution in [1.29, 1.82) is 0 Å². The van der Waals surface area contributed by atoms with Crippen LogP contribution >= 0.6 is 27.7 Å². The fourth-order valence-corrected chi connectivity index (χ4v) is 3.36. The van der Waals surface area contributed by atoms with Crippen molar-refractivity contribution in [3.8, 4) is 17.1 Å². The molecule has 0 aliphatic carbocycles. The lowest BCUT2D eigenvalue weighted by molar-refractivity contribution is -0.139. The Morgan fingerprint density at radius 3 is 2.76 bits per heavy atom. The molecule has 128 valence electrons. The number of hydrogen-bond donors (Lipinski definition) is 0. The molecule has 8 heteroatoms. The van der Waals surface area contributed by atoms with Crippen LogP contribution in [0, 0.1) is 0 Å². The number of carbonyl (C=O) groups excluding carboxylic acids is 1. The van der Waals surface area contributed by atoms with E-state index < -0.39 is 0 Å². The second-order valence-electron chi connectivity index (χ2n) is 4.95. The van der Waals surface area contributed by atoms with E-state index in [0.717, 1.165) is 15.7 Å². The lowest BCUT2D eigenvalue weighted by Gasteiger charge is -2.10. The number of thioether (sulfide) groups is 1. The number of aromatic nitrogens is 4. The van der Waals surface area contributed by atoms with Gasteiger partial charge in [-0.25, -0.2) is 0 Å². The molecule has 2 heterocycles. The van der Waals surface area contributed by atoms with Crippen molar-refractivity contribution in [2.75, 3.05) is 12.4 Å². The molecule has 1 aromatic carbocycles. The molecule has 3 rings (SSSR count). The van der Waals surface area contributed by atoms with Crippen LogP contribution in [0.15, 0.2) is 58.4 Å². The monoisotopic (exact) mass is 418 g/mol. The smallest absolute Gasteiger partial charge is 0.316 e. The predicted octanol–water partition coefficient (Wildman–Crippen LogP) is 3.75. The Kier molecular flexibility index (Phi) is 5.83. The highest BCUT2D eigenvalue weighted by atomic mass is 79.9. The molecule has 0 spiro atoms. The van der Waals surface area contributed by atoms with E-state index in [1.54, 1.807) is 19.3 Å². The number of ether oxygens (including phenoxy) is 1. The van der Waals surface area contributed by atoms with Gasteiger partial charge in [0.1, 0.15) is 0 Å². The highest BCUT2D eigenvalue weighted by Crippen LogP contribution is 2.28. The topological polar surface area (TPSA) is 69.9 Å². The summed E-state index contributed by atoms with van der Waals surface area (Å²) >= 11 is 4.79. The van der Waals surface area contributed by atoms with Crippen LogP contribution in [0.1, 0.15) is 6.92 Å². The molecule has 0 unspecified atom stereocenters. The summed E-state index contributed by atoms with van der Waals surface area (Å²) in [7, 11) is 0. The summed E-state index contributed by atoms with van der Waals surface area (Å²) in [6, 6.07) is 11.6. The fraction of sp³-hybridized carbons (Fsp3) is 0.176. The number of pyridine rings is 1. The van der Waals surface area contributed by atoms with E-state index in [9.17, 15) is 4.79 Å². The Hall–Kier alpha value is -2.19. The zero-order chi connectivity index (χ0) is 17.6. The number of halogens is 1. The van der Waals surface area contributed by atoms with E-state index in [-0.39, 0.29) is 11.7 Å². The minimum absolute atomic E-state index is 0.177. The quantitative estimate of drug-likeness (QED) is 0.448. The Bertz CT molecular complexity index is 870. The van der Waals surface area contributed by atoms with Gasteiger partial charge in [0.15, 0.2) is 11.0 Å². The maximum absolute atomic E-state index is 11.7. The fourth-order valence-electron chi connectivity index (χ4n) is 2.23. The molecule has 0 aliphatic rings. The summed E-state index contributed by atoms with van der Waals surface area (Å²) in [6.07, 6.45) is 3.42. The largest absolute Gasteiger partial charge is 0.465 e. The third-order valence-corrected chi connectivity index (χ3v) is 4.66. The number of carbonyl (C=O) groups is 1. The van der Waals surface area contributed by atoms with Crippen molar-refractivity contribution in [2.24, 2.45) is 0 Å². The number of benzene rings is 1. The van der Waals surface area contributed by atoms with Gasteiger partial charge in [0.05, 0.1) is 18.0 Å². The predicted molar refractivity (Wildman–Crippen MR) is 99.6 cm³/mol. The minimum Gasteiger partial charge on any atom is -0.465 e. The number of rotatable bonds is 6. The summed E-state index contributed by atoms with van der Waals surface area (Å²) in [5.74, 6) is 0.588. The first-order valence-corrected chi connectivity index (χ1v) is 9.37. The molecule has 0 N–H and O–H groups in total. The molecular formula is C17H15BrN4O2S. The molecule has 3 aromatic rings. The second-order valence-corrected chi connectivity index (χ2v) is 6.81. The number of nitrogens with zero attached hydrogens (tertiary/aromatic N) is 4. The van der Waals surface area contributed by atoms with E-state index in [1.165, 1.54) is 11.8 Å². The van der Waals surface area contributed by atoms with Crippen LogP contribution < -0.4 is 0 Å². The maximum atomic E-state index is 11.7. The Balaban J connectivity index is 2.01. The summed E-state index contributed by atoms with van der Waals surface area (Å²) in [5.41, 5.74) is 1.79. The summed E-state index contributed by atoms with van der Waals surface area (Å²) in [6.45, 7) is 2.15. The molecule has 0 radical (unpaired) electrons. The van der Waals surface area contributed by atoms with Crippen LogP contribution in [-0.4, -0.2) is 38.1 Å². The molecule has 0 atom stereocenters. The lowest BCUT2D eigenvalue weighted by Crippen LogP contribution is -2.08. The van der Waals surface area contributed by atoms with Crippen molar-refractivity contribution < 1.29 is 9.53 Å². The van der Waals surface area contributed by atoms with Crippen molar-refractivity contribution in [2.45, 2.75) is 12.1 Å². The van der Waals surface area contributed by atoms with Gasteiger partial charge in [0, 0.05) is 22.4 Å². The van der Waals surface area contributed by atoms with Gasteiger partial charge < -0.3 is 4.74 Å². The van der Waals surface area contributed by atoms with Gasteiger partial charge in [-0.1, -0.05) is 33.8 Å². The number of esters is 1. The SMILES string of the molecule is CCOC(=O)CSc1nnc(-c2ccncc2)n1-c1cccc(Br)c1. The summed E-state index contributed by atoms with van der Waals surface area (Å²) in [4.78, 5) is 15.7. The standard InChI is InChI=1S/C17H15BrN4O2S/c1-2-24-15(23)11-25-17-21-20-16(12-6-8-19-9-7-12)22(17)14-5-3-4-13(18)10-14/h3-10H,2,11H2,1H3. The van der Waals surface area contributed by atoms with E-state index in [2.05, 4.69) is 31.1 Å². The van der Waals surface area contributed by atoms with Crippen LogP contribution in [0.25, 0.3) is 17.1 Å². The molecular weight excluding hydrogens is 404 g/mol. The zero-order valence-electron chi connectivity index (χ0n) is 13.4. The van der Waals surface area contributed by atoms with Gasteiger partial charge in [-0.2, -0.15) is 0 Å². The summed E-state index contributed by atoms with van der Waals surface area (Å²) in [5, 5.41) is 9.20. The average Bonchev–Trinajstić information content (AvgIpc) is 3.05. The third-order valence-electron chi connectivity index (χ3n) is 3.26. The molecule has 0 amide bonds. The van der Waals surface area contributed by atoms with Crippen LogP contribution in [-0.2, 0) is 9.53 Å². The Labute approximate surface area is 157 Å². The van der Waals surface area contributed by atoms with E-state index in [0.29, 0.717) is 17.6 Å². The molecule has 25 heavy (non-hydrogen) atoms. The second kappa shape index (κ2) is 8.26. The maximum Gasteiger partial charge on any atom is 0.316 e. The first-order chi connectivity index (χ1) is 12.2. The van der Waals surface area contributed by atoms with Crippen LogP contribution in [0.3, 0.4) is 0 Å². The minimum atomic E-state index is -0.276. The van der Waals surface area contributed by atoms with Crippen LogP contribution in [0.2, 0.25) is 0 Å². The van der Waals surface area contributed by atoms with Crippen molar-refractivity contribution in [3.05, 3.63) is 53.3 Å². The first kappa shape index (κ1) is 17.6. The van der Waals surface area contributed by atoms with Gasteiger partial charge >= 0.3 is 5.97 Å². The molecule has 0 saturated heterocycles. The highest BCUT2D eigenvalue weighted by Gasteiger charge is 2.17. The van der Waals surface area contributed by atoms with E-state index in [4.69, 9.17) is 4.74 Å². The Morgan fingerprint density at radius 2 is 2.04 bits per heavy atom. The third kappa shape index (κ3) is 4.26. The first-order valence-electron chi connectivity index (χ1n) is 7.59. The van der Waals surface area contributed by atoms with Gasteiger partial charge in [0.2, 0.25) is 0 Å². The van der Waals surface area contributed by atoms with Gasteiger partial charge in [-0.15, -0.1) is 10.2 Å². The average molecular weight is 419 g/mol. The van der Waals surface area contributed by atoms with Crippen LogP contribution in [0.4, 0.5) is 0 Å². The summed E-state index contributed by atoms with van der Waals surface area (Å²) < 4.78 is 7.85. The molecule has 2 aromatic heterocycles. The highest BCUT2D eigenvalue weighted by molar-refractivity contribution is 9.10. The van der Waals surface area contributed by atoms with Crippen molar-refractivity contribution in [1.82, 2.24) is 19.7 Å². The van der Waals surface area contributed by atoms with Crippen LogP contribution in [0.5, 0.6) is 0 Å². The van der Waals surface area contributed by atoms with Crippen molar-refractivity contribution in [3.63, 3.8) is 0 Å². The zero-order valence-corrected chi connectivity index (χ0v) is 15.8.